The largest absolute Gasteiger partial charge is 0.478 e. The van der Waals surface area contributed by atoms with Gasteiger partial charge in [0, 0.05) is 12.1 Å². The van der Waals surface area contributed by atoms with Crippen LogP contribution in [0.1, 0.15) is 19.8 Å². The fourth-order valence-corrected chi connectivity index (χ4v) is 1.20. The lowest BCUT2D eigenvalue weighted by atomic mass is 9.97. The first-order valence-corrected chi connectivity index (χ1v) is 5.02. The smallest absolute Gasteiger partial charge is 0.333 e. The number of hydrogen-bond acceptors (Lipinski definition) is 4. The summed E-state index contributed by atoms with van der Waals surface area (Å²) in [5.41, 5.74) is 10.7. The number of aliphatic carboxylic acids is 2. The van der Waals surface area contributed by atoms with Gasteiger partial charge >= 0.3 is 11.9 Å². The van der Waals surface area contributed by atoms with Crippen LogP contribution in [0.25, 0.3) is 0 Å². The van der Waals surface area contributed by atoms with Gasteiger partial charge in [0.2, 0.25) is 0 Å². The van der Waals surface area contributed by atoms with Gasteiger partial charge in [-0.2, -0.15) is 0 Å². The van der Waals surface area contributed by atoms with E-state index in [-0.39, 0.29) is 11.5 Å². The van der Waals surface area contributed by atoms with Crippen LogP contribution in [-0.4, -0.2) is 34.7 Å². The molecule has 0 bridgehead atoms. The van der Waals surface area contributed by atoms with Crippen molar-refractivity contribution in [3.63, 3.8) is 0 Å². The van der Waals surface area contributed by atoms with E-state index in [1.165, 1.54) is 0 Å². The Balaban J connectivity index is 4.46. The second-order valence-electron chi connectivity index (χ2n) is 3.77. The third-order valence-corrected chi connectivity index (χ3v) is 2.30. The molecule has 0 aliphatic rings. The van der Waals surface area contributed by atoms with Crippen LogP contribution in [-0.2, 0) is 9.59 Å². The molecule has 16 heavy (non-hydrogen) atoms. The lowest BCUT2D eigenvalue weighted by molar-refractivity contribution is -0.135. The molecule has 0 heterocycles. The van der Waals surface area contributed by atoms with Crippen molar-refractivity contribution in [2.75, 3.05) is 6.54 Å². The van der Waals surface area contributed by atoms with Crippen molar-refractivity contribution in [2.45, 2.75) is 25.8 Å². The minimum atomic E-state index is -1.31. The van der Waals surface area contributed by atoms with Crippen molar-refractivity contribution in [3.05, 3.63) is 11.6 Å². The van der Waals surface area contributed by atoms with Gasteiger partial charge in [-0.15, -0.1) is 0 Å². The molecule has 0 rings (SSSR count). The van der Waals surface area contributed by atoms with E-state index in [1.54, 1.807) is 0 Å². The molecule has 6 nitrogen and oxygen atoms in total. The Kier molecular flexibility index (Phi) is 6.36. The number of hydrogen-bond donors (Lipinski definition) is 4. The molecule has 0 radical (unpaired) electrons. The Labute approximate surface area is 93.9 Å². The van der Waals surface area contributed by atoms with Crippen LogP contribution in [0.15, 0.2) is 11.6 Å². The average Bonchev–Trinajstić information content (AvgIpc) is 2.21. The maximum absolute atomic E-state index is 10.8. The van der Waals surface area contributed by atoms with Crippen molar-refractivity contribution in [3.8, 4) is 0 Å². The summed E-state index contributed by atoms with van der Waals surface area (Å²) in [6, 6.07) is -0.775. The van der Waals surface area contributed by atoms with Crippen molar-refractivity contribution >= 4 is 11.9 Å². The predicted molar refractivity (Wildman–Crippen MR) is 58.8 cm³/mol. The van der Waals surface area contributed by atoms with Crippen LogP contribution in [0, 0.1) is 5.92 Å². The molecule has 2 atom stereocenters. The van der Waals surface area contributed by atoms with Gasteiger partial charge in [-0.25, -0.2) is 9.59 Å². The van der Waals surface area contributed by atoms with Gasteiger partial charge < -0.3 is 21.7 Å². The third kappa shape index (κ3) is 5.47. The molecule has 0 amide bonds. The standard InChI is InChI=1S/C10H18N2O4/c1-6(5-11)2-3-8(12)7(10(15)16)4-9(13)14/h4,6,8H,2-3,5,11-12H2,1H3,(H,13,14)(H,15,16)/b7-4-. The summed E-state index contributed by atoms with van der Waals surface area (Å²) in [5, 5.41) is 17.3. The van der Waals surface area contributed by atoms with Crippen LogP contribution >= 0.6 is 0 Å². The van der Waals surface area contributed by atoms with E-state index in [1.807, 2.05) is 6.92 Å². The summed E-state index contributed by atoms with van der Waals surface area (Å²) >= 11 is 0. The molecule has 0 aromatic heterocycles. The summed E-state index contributed by atoms with van der Waals surface area (Å²) in [4.78, 5) is 21.2. The van der Waals surface area contributed by atoms with Crippen LogP contribution in [0.3, 0.4) is 0 Å². The summed E-state index contributed by atoms with van der Waals surface area (Å²) < 4.78 is 0. The monoisotopic (exact) mass is 230 g/mol. The van der Waals surface area contributed by atoms with Crippen molar-refractivity contribution in [1.29, 1.82) is 0 Å². The molecule has 0 saturated heterocycles. The number of carboxylic acid groups (broad SMARTS) is 2. The van der Waals surface area contributed by atoms with Crippen molar-refractivity contribution in [1.82, 2.24) is 0 Å². The van der Waals surface area contributed by atoms with Gasteiger partial charge in [0.05, 0.1) is 5.57 Å². The predicted octanol–water partition coefficient (Wildman–Crippen LogP) is -0.216. The molecule has 6 heteroatoms. The highest BCUT2D eigenvalue weighted by molar-refractivity contribution is 5.95. The molecular weight excluding hydrogens is 212 g/mol. The molecule has 2 unspecified atom stereocenters. The van der Waals surface area contributed by atoms with Gasteiger partial charge in [-0.1, -0.05) is 6.92 Å². The summed E-state index contributed by atoms with van der Waals surface area (Å²) in [7, 11) is 0. The molecule has 0 aromatic rings. The molecule has 6 N–H and O–H groups in total. The zero-order chi connectivity index (χ0) is 12.7. The molecule has 0 spiro atoms. The minimum absolute atomic E-state index is 0.242. The molecule has 0 aromatic carbocycles. The number of carboxylic acids is 2. The molecule has 0 saturated carbocycles. The molecule has 0 aliphatic heterocycles. The normalized spacial score (nSPS) is 15.6. The van der Waals surface area contributed by atoms with E-state index in [9.17, 15) is 9.59 Å². The quantitative estimate of drug-likeness (QED) is 0.448. The molecule has 92 valence electrons. The number of rotatable bonds is 7. The topological polar surface area (TPSA) is 127 Å². The first-order valence-electron chi connectivity index (χ1n) is 5.02. The van der Waals surface area contributed by atoms with E-state index in [4.69, 9.17) is 21.7 Å². The first kappa shape index (κ1) is 14.6. The van der Waals surface area contributed by atoms with E-state index in [0.29, 0.717) is 25.5 Å². The molecule has 0 fully saturated rings. The second-order valence-corrected chi connectivity index (χ2v) is 3.77. The fourth-order valence-electron chi connectivity index (χ4n) is 1.20. The zero-order valence-corrected chi connectivity index (χ0v) is 9.22. The second kappa shape index (κ2) is 6.97. The maximum Gasteiger partial charge on any atom is 0.333 e. The van der Waals surface area contributed by atoms with Gasteiger partial charge in [0.25, 0.3) is 0 Å². The lowest BCUT2D eigenvalue weighted by Gasteiger charge is -2.14. The Bertz CT molecular complexity index is 289. The molecular formula is C10H18N2O4. The zero-order valence-electron chi connectivity index (χ0n) is 9.22. The summed E-state index contributed by atoms with van der Waals surface area (Å²) in [5.74, 6) is -2.36. The maximum atomic E-state index is 10.8. The van der Waals surface area contributed by atoms with E-state index < -0.39 is 18.0 Å². The van der Waals surface area contributed by atoms with Crippen LogP contribution in [0.2, 0.25) is 0 Å². The van der Waals surface area contributed by atoms with Crippen molar-refractivity contribution < 1.29 is 19.8 Å². The highest BCUT2D eigenvalue weighted by atomic mass is 16.4. The third-order valence-electron chi connectivity index (χ3n) is 2.30. The van der Waals surface area contributed by atoms with Gasteiger partial charge in [-0.3, -0.25) is 0 Å². The Morgan fingerprint density at radius 2 is 1.88 bits per heavy atom. The van der Waals surface area contributed by atoms with Crippen LogP contribution in [0.5, 0.6) is 0 Å². The average molecular weight is 230 g/mol. The highest BCUT2D eigenvalue weighted by Crippen LogP contribution is 2.11. The number of carbonyl (C=O) groups is 2. The summed E-state index contributed by atoms with van der Waals surface area (Å²) in [6.45, 7) is 2.42. The van der Waals surface area contributed by atoms with Crippen LogP contribution < -0.4 is 11.5 Å². The van der Waals surface area contributed by atoms with Gasteiger partial charge in [-0.05, 0) is 25.3 Å². The Morgan fingerprint density at radius 1 is 1.31 bits per heavy atom. The van der Waals surface area contributed by atoms with Gasteiger partial charge in [0.15, 0.2) is 0 Å². The van der Waals surface area contributed by atoms with Gasteiger partial charge in [0.1, 0.15) is 0 Å². The summed E-state index contributed by atoms with van der Waals surface area (Å²) in [6.07, 6.45) is 1.71. The lowest BCUT2D eigenvalue weighted by Crippen LogP contribution is -2.29. The van der Waals surface area contributed by atoms with E-state index in [2.05, 4.69) is 0 Å². The van der Waals surface area contributed by atoms with Crippen LogP contribution in [0.4, 0.5) is 0 Å². The van der Waals surface area contributed by atoms with E-state index in [0.717, 1.165) is 0 Å². The first-order chi connectivity index (χ1) is 7.38. The van der Waals surface area contributed by atoms with E-state index >= 15 is 0 Å². The highest BCUT2D eigenvalue weighted by Gasteiger charge is 2.18. The minimum Gasteiger partial charge on any atom is -0.478 e. The fraction of sp³-hybridized carbons (Fsp3) is 0.600. The number of nitrogens with two attached hydrogens (primary N) is 2. The Morgan fingerprint density at radius 3 is 2.25 bits per heavy atom. The van der Waals surface area contributed by atoms with Crippen molar-refractivity contribution in [2.24, 2.45) is 17.4 Å². The SMILES string of the molecule is CC(CN)CCC(N)/C(=C/C(=O)O)C(=O)O. The Hall–Kier alpha value is -1.40. The molecule has 0 aliphatic carbocycles.